The molecule has 0 bridgehead atoms. The first-order valence-electron chi connectivity index (χ1n) is 6.34. The van der Waals surface area contributed by atoms with Gasteiger partial charge < -0.3 is 16.0 Å². The number of amides is 1. The van der Waals surface area contributed by atoms with Crippen LogP contribution in [0.5, 0.6) is 0 Å². The van der Waals surface area contributed by atoms with Crippen LogP contribution in [-0.4, -0.2) is 68.1 Å². The molecule has 0 aromatic carbocycles. The number of piperazine rings is 1. The van der Waals surface area contributed by atoms with E-state index in [2.05, 4.69) is 29.2 Å². The highest BCUT2D eigenvalue weighted by atomic mass is 16.2. The van der Waals surface area contributed by atoms with Gasteiger partial charge in [-0.25, -0.2) is 0 Å². The highest BCUT2D eigenvalue weighted by Gasteiger charge is 2.24. The molecule has 0 saturated carbocycles. The molecule has 17 heavy (non-hydrogen) atoms. The maximum atomic E-state index is 11.7. The quantitative estimate of drug-likeness (QED) is 0.686. The van der Waals surface area contributed by atoms with E-state index in [-0.39, 0.29) is 11.8 Å². The molecule has 2 atom stereocenters. The van der Waals surface area contributed by atoms with Gasteiger partial charge in [-0.3, -0.25) is 9.69 Å². The number of carbonyl (C=O) groups excluding carboxylic acids is 1. The summed E-state index contributed by atoms with van der Waals surface area (Å²) >= 11 is 0. The molecular formula is C12H26N4O. The fourth-order valence-electron chi connectivity index (χ4n) is 1.96. The number of nitrogens with one attached hydrogen (secondary N) is 1. The van der Waals surface area contributed by atoms with Crippen molar-refractivity contribution in [3.05, 3.63) is 0 Å². The third-order valence-corrected chi connectivity index (χ3v) is 3.51. The van der Waals surface area contributed by atoms with Crippen LogP contribution in [0, 0.1) is 5.92 Å². The summed E-state index contributed by atoms with van der Waals surface area (Å²) in [6, 6.07) is -0.0151. The van der Waals surface area contributed by atoms with E-state index in [0.717, 1.165) is 19.6 Å². The predicted molar refractivity (Wildman–Crippen MR) is 69.7 cm³/mol. The summed E-state index contributed by atoms with van der Waals surface area (Å²) in [4.78, 5) is 16.3. The molecule has 1 rings (SSSR count). The van der Waals surface area contributed by atoms with Crippen LogP contribution in [0.3, 0.4) is 0 Å². The van der Waals surface area contributed by atoms with Gasteiger partial charge in [-0.2, -0.15) is 0 Å². The lowest BCUT2D eigenvalue weighted by Crippen LogP contribution is -2.56. The Bertz CT molecular complexity index is 257. The smallest absolute Gasteiger partial charge is 0.237 e. The van der Waals surface area contributed by atoms with Gasteiger partial charge in [0.15, 0.2) is 0 Å². The Morgan fingerprint density at radius 1 is 1.41 bits per heavy atom. The number of hydrogen-bond donors (Lipinski definition) is 2. The topological polar surface area (TPSA) is 61.6 Å². The second-order valence-corrected chi connectivity index (χ2v) is 5.41. The summed E-state index contributed by atoms with van der Waals surface area (Å²) in [5.41, 5.74) is 5.80. The van der Waals surface area contributed by atoms with E-state index in [1.165, 1.54) is 0 Å². The van der Waals surface area contributed by atoms with Crippen LogP contribution in [0.2, 0.25) is 0 Å². The number of nitrogens with zero attached hydrogens (tertiary/aromatic N) is 2. The average Bonchev–Trinajstić information content (AvgIpc) is 2.28. The van der Waals surface area contributed by atoms with Crippen LogP contribution in [0.1, 0.15) is 13.8 Å². The number of nitrogens with two attached hydrogens (primary N) is 1. The van der Waals surface area contributed by atoms with Gasteiger partial charge in [0.1, 0.15) is 0 Å². The lowest BCUT2D eigenvalue weighted by molar-refractivity contribution is -0.123. The maximum Gasteiger partial charge on any atom is 0.237 e. The van der Waals surface area contributed by atoms with Gasteiger partial charge in [-0.15, -0.1) is 0 Å². The fraction of sp³-hybridized carbons (Fsp3) is 0.917. The zero-order chi connectivity index (χ0) is 13.0. The lowest BCUT2D eigenvalue weighted by Gasteiger charge is -2.37. The molecule has 1 aliphatic heterocycles. The number of rotatable bonds is 4. The van der Waals surface area contributed by atoms with Crippen molar-refractivity contribution in [3.8, 4) is 0 Å². The van der Waals surface area contributed by atoms with E-state index >= 15 is 0 Å². The zero-order valence-corrected chi connectivity index (χ0v) is 11.4. The standard InChI is InChI=1S/C12H26N4O/c1-9(2)11(13)12(17)14-7-10-8-15(3)5-6-16(10)4/h9-11H,5-8,13H2,1-4H3,(H,14,17). The minimum atomic E-state index is -0.401. The van der Waals surface area contributed by atoms with E-state index in [4.69, 9.17) is 5.73 Å². The fourth-order valence-corrected chi connectivity index (χ4v) is 1.96. The second-order valence-electron chi connectivity index (χ2n) is 5.41. The Balaban J connectivity index is 2.36. The Kier molecular flexibility index (Phi) is 5.36. The Labute approximate surface area is 104 Å². The van der Waals surface area contributed by atoms with Crippen molar-refractivity contribution in [2.45, 2.75) is 25.9 Å². The number of likely N-dealkylation sites (N-methyl/N-ethyl adjacent to an activating group) is 2. The van der Waals surface area contributed by atoms with Gasteiger partial charge in [0.05, 0.1) is 6.04 Å². The lowest BCUT2D eigenvalue weighted by atomic mass is 10.0. The molecule has 1 fully saturated rings. The highest BCUT2D eigenvalue weighted by Crippen LogP contribution is 2.05. The molecule has 2 unspecified atom stereocenters. The van der Waals surface area contributed by atoms with E-state index in [1.54, 1.807) is 0 Å². The molecule has 1 amide bonds. The minimum absolute atomic E-state index is 0.0402. The molecule has 0 aromatic rings. The van der Waals surface area contributed by atoms with Crippen molar-refractivity contribution in [2.24, 2.45) is 11.7 Å². The van der Waals surface area contributed by atoms with Crippen molar-refractivity contribution in [1.29, 1.82) is 0 Å². The minimum Gasteiger partial charge on any atom is -0.353 e. The number of carbonyl (C=O) groups is 1. The Hall–Kier alpha value is -0.650. The zero-order valence-electron chi connectivity index (χ0n) is 11.4. The third-order valence-electron chi connectivity index (χ3n) is 3.51. The predicted octanol–water partition coefficient (Wildman–Crippen LogP) is -0.668. The molecule has 0 spiro atoms. The molecule has 100 valence electrons. The first-order valence-corrected chi connectivity index (χ1v) is 6.34. The molecule has 3 N–H and O–H groups in total. The van der Waals surface area contributed by atoms with Crippen LogP contribution in [0.4, 0.5) is 0 Å². The molecule has 1 saturated heterocycles. The van der Waals surface area contributed by atoms with Crippen LogP contribution in [-0.2, 0) is 4.79 Å². The third kappa shape index (κ3) is 4.26. The first kappa shape index (κ1) is 14.4. The summed E-state index contributed by atoms with van der Waals surface area (Å²) in [5.74, 6) is 0.142. The van der Waals surface area contributed by atoms with Gasteiger partial charge >= 0.3 is 0 Å². The summed E-state index contributed by atoms with van der Waals surface area (Å²) in [6.07, 6.45) is 0. The van der Waals surface area contributed by atoms with E-state index in [0.29, 0.717) is 12.6 Å². The molecule has 5 heteroatoms. The van der Waals surface area contributed by atoms with Gasteiger partial charge in [0.2, 0.25) is 5.91 Å². The summed E-state index contributed by atoms with van der Waals surface area (Å²) in [5, 5.41) is 2.95. The van der Waals surface area contributed by atoms with Crippen LogP contribution < -0.4 is 11.1 Å². The van der Waals surface area contributed by atoms with E-state index < -0.39 is 6.04 Å². The summed E-state index contributed by atoms with van der Waals surface area (Å²) in [7, 11) is 4.22. The molecule has 0 radical (unpaired) electrons. The normalized spacial score (nSPS) is 24.9. The van der Waals surface area contributed by atoms with Gasteiger partial charge in [-0.1, -0.05) is 13.8 Å². The van der Waals surface area contributed by atoms with Crippen LogP contribution >= 0.6 is 0 Å². The van der Waals surface area contributed by atoms with Crippen LogP contribution in [0.15, 0.2) is 0 Å². The maximum absolute atomic E-state index is 11.7. The van der Waals surface area contributed by atoms with Gasteiger partial charge in [-0.05, 0) is 20.0 Å². The van der Waals surface area contributed by atoms with Crippen molar-refractivity contribution < 1.29 is 4.79 Å². The molecule has 5 nitrogen and oxygen atoms in total. The molecule has 0 aromatic heterocycles. The van der Waals surface area contributed by atoms with E-state index in [1.807, 2.05) is 13.8 Å². The van der Waals surface area contributed by atoms with Crippen molar-refractivity contribution in [2.75, 3.05) is 40.3 Å². The summed E-state index contributed by atoms with van der Waals surface area (Å²) < 4.78 is 0. The van der Waals surface area contributed by atoms with Crippen LogP contribution in [0.25, 0.3) is 0 Å². The molecular weight excluding hydrogens is 216 g/mol. The highest BCUT2D eigenvalue weighted by molar-refractivity contribution is 5.81. The number of hydrogen-bond acceptors (Lipinski definition) is 4. The SMILES string of the molecule is CC(C)C(N)C(=O)NCC1CN(C)CCN1C. The van der Waals surface area contributed by atoms with E-state index in [9.17, 15) is 4.79 Å². The van der Waals surface area contributed by atoms with Crippen molar-refractivity contribution >= 4 is 5.91 Å². The second kappa shape index (κ2) is 6.33. The Morgan fingerprint density at radius 2 is 2.06 bits per heavy atom. The van der Waals surface area contributed by atoms with Crippen molar-refractivity contribution in [1.82, 2.24) is 15.1 Å². The molecule has 1 aliphatic rings. The average molecular weight is 242 g/mol. The Morgan fingerprint density at radius 3 is 2.65 bits per heavy atom. The van der Waals surface area contributed by atoms with Gasteiger partial charge in [0, 0.05) is 32.2 Å². The molecule has 0 aliphatic carbocycles. The molecule has 1 heterocycles. The monoisotopic (exact) mass is 242 g/mol. The van der Waals surface area contributed by atoms with Gasteiger partial charge in [0.25, 0.3) is 0 Å². The van der Waals surface area contributed by atoms with Crippen molar-refractivity contribution in [3.63, 3.8) is 0 Å². The first-order chi connectivity index (χ1) is 7.91. The summed E-state index contributed by atoms with van der Waals surface area (Å²) in [6.45, 7) is 7.74. The largest absolute Gasteiger partial charge is 0.353 e.